The second kappa shape index (κ2) is 6.53. The molecule has 1 aromatic carbocycles. The molecule has 1 N–H and O–H groups in total. The SMILES string of the molecule is C=C[C@H]1COc2ccc(Br)cc2[C@H]1NN1C(=O)OC[C@@H]1C(C)C. The summed E-state index contributed by atoms with van der Waals surface area (Å²) in [5.74, 6) is 1.20. The van der Waals surface area contributed by atoms with E-state index in [0.29, 0.717) is 19.1 Å². The van der Waals surface area contributed by atoms with E-state index in [2.05, 4.69) is 41.8 Å². The van der Waals surface area contributed by atoms with E-state index in [-0.39, 0.29) is 24.1 Å². The number of hydrogen-bond donors (Lipinski definition) is 1. The maximum Gasteiger partial charge on any atom is 0.424 e. The van der Waals surface area contributed by atoms with E-state index in [4.69, 9.17) is 9.47 Å². The minimum Gasteiger partial charge on any atom is -0.493 e. The van der Waals surface area contributed by atoms with Crippen LogP contribution in [-0.2, 0) is 4.74 Å². The van der Waals surface area contributed by atoms with Gasteiger partial charge in [-0.25, -0.2) is 15.2 Å². The van der Waals surface area contributed by atoms with Crippen molar-refractivity contribution in [3.63, 3.8) is 0 Å². The van der Waals surface area contributed by atoms with Crippen LogP contribution in [0.3, 0.4) is 0 Å². The first-order chi connectivity index (χ1) is 11.0. The lowest BCUT2D eigenvalue weighted by molar-refractivity contribution is 0.0965. The molecule has 0 radical (unpaired) electrons. The summed E-state index contributed by atoms with van der Waals surface area (Å²) in [6.45, 7) is 9.03. The van der Waals surface area contributed by atoms with Gasteiger partial charge in [0.1, 0.15) is 12.4 Å². The minimum absolute atomic E-state index is 0.0198. The second-order valence-electron chi connectivity index (χ2n) is 6.26. The van der Waals surface area contributed by atoms with Crippen molar-refractivity contribution in [3.8, 4) is 5.75 Å². The molecule has 0 saturated carbocycles. The second-order valence-corrected chi connectivity index (χ2v) is 7.17. The van der Waals surface area contributed by atoms with Crippen LogP contribution in [-0.4, -0.2) is 30.4 Å². The van der Waals surface area contributed by atoms with Gasteiger partial charge in [-0.2, -0.15) is 0 Å². The maximum atomic E-state index is 12.1. The standard InChI is InChI=1S/C17H21BrN2O3/c1-4-11-8-22-15-6-5-12(18)7-13(15)16(11)19-20-14(10(2)3)9-23-17(20)21/h4-7,10-11,14,16,19H,1,8-9H2,2-3H3/t11-,14+,16-/m0/s1. The van der Waals surface area contributed by atoms with Gasteiger partial charge in [0, 0.05) is 16.0 Å². The Kier molecular flexibility index (Phi) is 4.64. The molecule has 5 nitrogen and oxygen atoms in total. The molecule has 2 heterocycles. The number of benzene rings is 1. The van der Waals surface area contributed by atoms with E-state index in [1.165, 1.54) is 0 Å². The van der Waals surface area contributed by atoms with Gasteiger partial charge in [0.25, 0.3) is 0 Å². The molecule has 1 aromatic rings. The summed E-state index contributed by atoms with van der Waals surface area (Å²) in [5.41, 5.74) is 4.38. The Morgan fingerprint density at radius 1 is 1.39 bits per heavy atom. The Morgan fingerprint density at radius 3 is 2.87 bits per heavy atom. The molecule has 0 aliphatic carbocycles. The molecule has 3 atom stereocenters. The van der Waals surface area contributed by atoms with E-state index in [0.717, 1.165) is 15.8 Å². The third-order valence-electron chi connectivity index (χ3n) is 4.42. The van der Waals surface area contributed by atoms with Gasteiger partial charge in [-0.15, -0.1) is 6.58 Å². The van der Waals surface area contributed by atoms with Gasteiger partial charge in [-0.3, -0.25) is 0 Å². The average molecular weight is 381 g/mol. The summed E-state index contributed by atoms with van der Waals surface area (Å²) in [6.07, 6.45) is 1.54. The average Bonchev–Trinajstić information content (AvgIpc) is 2.89. The van der Waals surface area contributed by atoms with Gasteiger partial charge >= 0.3 is 6.09 Å². The first kappa shape index (κ1) is 16.3. The molecule has 2 aliphatic heterocycles. The van der Waals surface area contributed by atoms with Gasteiger partial charge in [0.2, 0.25) is 0 Å². The Morgan fingerprint density at radius 2 is 2.17 bits per heavy atom. The number of carbonyl (C=O) groups is 1. The number of halogens is 1. The Labute approximate surface area is 144 Å². The first-order valence-corrected chi connectivity index (χ1v) is 8.57. The quantitative estimate of drug-likeness (QED) is 0.809. The molecule has 1 fully saturated rings. The van der Waals surface area contributed by atoms with E-state index >= 15 is 0 Å². The van der Waals surface area contributed by atoms with Gasteiger partial charge in [-0.05, 0) is 24.1 Å². The zero-order chi connectivity index (χ0) is 16.6. The highest BCUT2D eigenvalue weighted by Gasteiger charge is 2.39. The minimum atomic E-state index is -0.324. The van der Waals surface area contributed by atoms with Crippen LogP contribution in [0.2, 0.25) is 0 Å². The van der Waals surface area contributed by atoms with Crippen LogP contribution in [0.25, 0.3) is 0 Å². The van der Waals surface area contributed by atoms with Crippen molar-refractivity contribution in [2.24, 2.45) is 11.8 Å². The number of cyclic esters (lactones) is 1. The van der Waals surface area contributed by atoms with Crippen molar-refractivity contribution in [3.05, 3.63) is 40.9 Å². The molecule has 0 unspecified atom stereocenters. The normalized spacial score (nSPS) is 26.7. The molecule has 1 amide bonds. The van der Waals surface area contributed by atoms with Crippen LogP contribution in [0, 0.1) is 11.8 Å². The molecule has 2 aliphatic rings. The number of nitrogens with one attached hydrogen (secondary N) is 1. The zero-order valence-corrected chi connectivity index (χ0v) is 14.9. The summed E-state index contributed by atoms with van der Waals surface area (Å²) in [5, 5.41) is 1.63. The Hall–Kier alpha value is -1.53. The smallest absolute Gasteiger partial charge is 0.424 e. The van der Waals surface area contributed by atoms with E-state index < -0.39 is 0 Å². The number of amides is 1. The van der Waals surface area contributed by atoms with Gasteiger partial charge in [0.05, 0.1) is 18.7 Å². The molecule has 1 saturated heterocycles. The Bertz CT molecular complexity index is 620. The fraction of sp³-hybridized carbons (Fsp3) is 0.471. The van der Waals surface area contributed by atoms with Crippen LogP contribution in [0.4, 0.5) is 4.79 Å². The Balaban J connectivity index is 1.92. The van der Waals surface area contributed by atoms with Crippen molar-refractivity contribution in [1.29, 1.82) is 0 Å². The number of rotatable bonds is 4. The van der Waals surface area contributed by atoms with E-state index in [9.17, 15) is 4.79 Å². The highest BCUT2D eigenvalue weighted by molar-refractivity contribution is 9.10. The topological polar surface area (TPSA) is 50.8 Å². The van der Waals surface area contributed by atoms with Crippen molar-refractivity contribution in [2.75, 3.05) is 13.2 Å². The predicted octanol–water partition coefficient (Wildman–Crippen LogP) is 3.67. The van der Waals surface area contributed by atoms with Crippen LogP contribution < -0.4 is 10.2 Å². The number of carbonyl (C=O) groups excluding carboxylic acids is 1. The van der Waals surface area contributed by atoms with Crippen molar-refractivity contribution < 1.29 is 14.3 Å². The van der Waals surface area contributed by atoms with E-state index in [1.54, 1.807) is 5.01 Å². The lowest BCUT2D eigenvalue weighted by Gasteiger charge is -2.36. The number of nitrogens with zero attached hydrogens (tertiary/aromatic N) is 1. The van der Waals surface area contributed by atoms with Crippen LogP contribution in [0.15, 0.2) is 35.3 Å². The molecule has 124 valence electrons. The van der Waals surface area contributed by atoms with Crippen molar-refractivity contribution in [2.45, 2.75) is 25.9 Å². The number of hydrogen-bond acceptors (Lipinski definition) is 4. The molecule has 0 bridgehead atoms. The predicted molar refractivity (Wildman–Crippen MR) is 91.0 cm³/mol. The summed E-state index contributed by atoms with van der Waals surface area (Å²) in [4.78, 5) is 12.1. The lowest BCUT2D eigenvalue weighted by atomic mass is 9.91. The van der Waals surface area contributed by atoms with Gasteiger partial charge < -0.3 is 9.47 Å². The molecular formula is C17H21BrN2O3. The molecule has 0 aromatic heterocycles. The number of ether oxygens (including phenoxy) is 2. The van der Waals surface area contributed by atoms with E-state index in [1.807, 2.05) is 24.3 Å². The number of fused-ring (bicyclic) bond motifs is 1. The van der Waals surface area contributed by atoms with Crippen LogP contribution in [0.1, 0.15) is 25.5 Å². The number of hydrazine groups is 1. The first-order valence-electron chi connectivity index (χ1n) is 7.78. The van der Waals surface area contributed by atoms with Crippen molar-refractivity contribution >= 4 is 22.0 Å². The largest absolute Gasteiger partial charge is 0.493 e. The highest BCUT2D eigenvalue weighted by atomic mass is 79.9. The molecule has 3 rings (SSSR count). The van der Waals surface area contributed by atoms with Gasteiger partial charge in [-0.1, -0.05) is 35.9 Å². The maximum absolute atomic E-state index is 12.1. The lowest BCUT2D eigenvalue weighted by Crippen LogP contribution is -2.51. The van der Waals surface area contributed by atoms with Crippen molar-refractivity contribution in [1.82, 2.24) is 10.4 Å². The summed E-state index contributed by atoms with van der Waals surface area (Å²) >= 11 is 3.51. The summed E-state index contributed by atoms with van der Waals surface area (Å²) in [6, 6.07) is 5.85. The van der Waals surface area contributed by atoms with Crippen LogP contribution >= 0.6 is 15.9 Å². The third-order valence-corrected chi connectivity index (χ3v) is 4.92. The fourth-order valence-corrected chi connectivity index (χ4v) is 3.38. The summed E-state index contributed by atoms with van der Waals surface area (Å²) < 4.78 is 12.0. The zero-order valence-electron chi connectivity index (χ0n) is 13.3. The molecule has 0 spiro atoms. The monoisotopic (exact) mass is 380 g/mol. The summed E-state index contributed by atoms with van der Waals surface area (Å²) in [7, 11) is 0. The molecular weight excluding hydrogens is 360 g/mol. The highest BCUT2D eigenvalue weighted by Crippen LogP contribution is 2.38. The molecule has 23 heavy (non-hydrogen) atoms. The fourth-order valence-electron chi connectivity index (χ4n) is 3.00. The van der Waals surface area contributed by atoms with Crippen LogP contribution in [0.5, 0.6) is 5.75 Å². The van der Waals surface area contributed by atoms with Gasteiger partial charge in [0.15, 0.2) is 0 Å². The molecule has 6 heteroatoms. The third kappa shape index (κ3) is 3.10.